The maximum Gasteiger partial charge on any atom is 0.150 e. The van der Waals surface area contributed by atoms with Crippen molar-refractivity contribution in [2.75, 3.05) is 0 Å². The lowest BCUT2D eigenvalue weighted by atomic mass is 9.82. The predicted octanol–water partition coefficient (Wildman–Crippen LogP) is 4.15. The van der Waals surface area contributed by atoms with Gasteiger partial charge in [0.1, 0.15) is 5.65 Å². The number of rotatable bonds is 4. The van der Waals surface area contributed by atoms with Crippen LogP contribution in [0.1, 0.15) is 51.0 Å². The van der Waals surface area contributed by atoms with Crippen molar-refractivity contribution in [2.24, 2.45) is 7.05 Å². The molecule has 0 unspecified atom stereocenters. The van der Waals surface area contributed by atoms with Gasteiger partial charge in [0.15, 0.2) is 0 Å². The Morgan fingerprint density at radius 3 is 2.58 bits per heavy atom. The molecule has 1 aliphatic carbocycles. The third kappa shape index (κ3) is 3.40. The van der Waals surface area contributed by atoms with Crippen LogP contribution in [0, 0.1) is 0 Å². The van der Waals surface area contributed by atoms with Crippen molar-refractivity contribution in [1.29, 1.82) is 0 Å². The molecule has 0 aliphatic heterocycles. The minimum atomic E-state index is 0.562. The Kier molecular flexibility index (Phi) is 4.80. The molecule has 0 amide bonds. The van der Waals surface area contributed by atoms with Gasteiger partial charge in [0, 0.05) is 54.2 Å². The highest BCUT2D eigenvalue weighted by atomic mass is 32.1. The summed E-state index contributed by atoms with van der Waals surface area (Å²) in [5, 5.41) is 9.15. The van der Waals surface area contributed by atoms with Crippen molar-refractivity contribution in [3.63, 3.8) is 0 Å². The van der Waals surface area contributed by atoms with Crippen molar-refractivity contribution < 1.29 is 0 Å². The monoisotopic (exact) mass is 369 g/mol. The lowest BCUT2D eigenvalue weighted by Crippen LogP contribution is -2.37. The fourth-order valence-corrected chi connectivity index (χ4v) is 4.46. The van der Waals surface area contributed by atoms with Gasteiger partial charge in [0.05, 0.1) is 6.20 Å². The summed E-state index contributed by atoms with van der Waals surface area (Å²) in [6.07, 6.45) is 12.9. The maximum absolute atomic E-state index is 4.72. The Morgan fingerprint density at radius 2 is 1.92 bits per heavy atom. The Labute approximate surface area is 160 Å². The average molecular weight is 370 g/mol. The second-order valence-corrected chi connectivity index (χ2v) is 8.23. The van der Waals surface area contributed by atoms with E-state index < -0.39 is 0 Å². The van der Waals surface area contributed by atoms with Gasteiger partial charge in [-0.05, 0) is 43.2 Å². The molecule has 1 fully saturated rings. The number of aromatic nitrogens is 4. The Balaban J connectivity index is 1.62. The molecule has 0 saturated heterocycles. The zero-order valence-corrected chi connectivity index (χ0v) is 16.6. The summed E-state index contributed by atoms with van der Waals surface area (Å²) in [5.74, 6) is 0.599. The summed E-state index contributed by atoms with van der Waals surface area (Å²) in [6.45, 7) is 4.46. The van der Waals surface area contributed by atoms with E-state index in [4.69, 9.17) is 4.98 Å². The third-order valence-electron chi connectivity index (χ3n) is 5.43. The van der Waals surface area contributed by atoms with Gasteiger partial charge < -0.3 is 5.32 Å². The molecule has 1 N–H and O–H groups in total. The molecule has 0 radical (unpaired) electrons. The number of hydrogen-bond acceptors (Lipinski definition) is 4. The van der Waals surface area contributed by atoms with E-state index in [0.717, 1.165) is 22.2 Å². The molecule has 3 heterocycles. The summed E-state index contributed by atoms with van der Waals surface area (Å²) < 4.78 is 3.64. The van der Waals surface area contributed by atoms with Gasteiger partial charge in [0.25, 0.3) is 0 Å². The van der Waals surface area contributed by atoms with E-state index >= 15 is 0 Å². The second kappa shape index (κ2) is 7.08. The number of aryl methyl sites for hydroxylation is 1. The second-order valence-electron chi connectivity index (χ2n) is 7.80. The van der Waals surface area contributed by atoms with Crippen LogP contribution in [0.4, 0.5) is 0 Å². The first-order chi connectivity index (χ1) is 12.5. The van der Waals surface area contributed by atoms with Crippen LogP contribution in [0.3, 0.4) is 0 Å². The third-order valence-corrected chi connectivity index (χ3v) is 5.73. The van der Waals surface area contributed by atoms with Gasteiger partial charge in [-0.1, -0.05) is 26.7 Å². The summed E-state index contributed by atoms with van der Waals surface area (Å²) in [4.78, 5) is 4.72. The van der Waals surface area contributed by atoms with Gasteiger partial charge in [-0.2, -0.15) is 5.10 Å². The SMILES string of the molecule is CC(C)NC1CCC(c2cnc3c(c2)c(-c2cnn(C)c2)cn3S)CC1. The molecule has 1 aliphatic rings. The van der Waals surface area contributed by atoms with E-state index in [9.17, 15) is 0 Å². The van der Waals surface area contributed by atoms with Crippen LogP contribution >= 0.6 is 12.8 Å². The quantitative estimate of drug-likeness (QED) is 0.679. The Bertz CT molecular complexity index is 902. The van der Waals surface area contributed by atoms with Crippen LogP contribution in [0.2, 0.25) is 0 Å². The van der Waals surface area contributed by atoms with Crippen LogP contribution in [-0.2, 0) is 7.05 Å². The van der Waals surface area contributed by atoms with Gasteiger partial charge in [0.2, 0.25) is 0 Å². The van der Waals surface area contributed by atoms with Crippen molar-refractivity contribution in [3.8, 4) is 11.1 Å². The van der Waals surface area contributed by atoms with Crippen LogP contribution < -0.4 is 5.32 Å². The number of thiol groups is 1. The number of nitrogens with zero attached hydrogens (tertiary/aromatic N) is 4. The molecule has 26 heavy (non-hydrogen) atoms. The zero-order valence-electron chi connectivity index (χ0n) is 15.7. The highest BCUT2D eigenvalue weighted by Crippen LogP contribution is 2.36. The zero-order chi connectivity index (χ0) is 18.3. The number of fused-ring (bicyclic) bond motifs is 1. The molecular weight excluding hydrogens is 342 g/mol. The van der Waals surface area contributed by atoms with E-state index in [1.165, 1.54) is 31.2 Å². The largest absolute Gasteiger partial charge is 0.312 e. The van der Waals surface area contributed by atoms with E-state index in [-0.39, 0.29) is 0 Å². The van der Waals surface area contributed by atoms with E-state index in [2.05, 4.69) is 43.1 Å². The molecule has 4 rings (SSSR count). The number of nitrogens with one attached hydrogen (secondary N) is 1. The van der Waals surface area contributed by atoms with Gasteiger partial charge >= 0.3 is 0 Å². The smallest absolute Gasteiger partial charge is 0.150 e. The van der Waals surface area contributed by atoms with Gasteiger partial charge in [-0.15, -0.1) is 0 Å². The standard InChI is InChI=1S/C20H27N5S/c1-13(2)23-17-6-4-14(5-7-17)15-8-18-19(16-10-22-24(3)11-16)12-25(26)20(18)21-9-15/h8-14,17,23,26H,4-7H2,1-3H3. The van der Waals surface area contributed by atoms with Crippen molar-refractivity contribution in [3.05, 3.63) is 36.4 Å². The summed E-state index contributed by atoms with van der Waals surface area (Å²) in [7, 11) is 1.94. The van der Waals surface area contributed by atoms with E-state index in [1.54, 1.807) is 0 Å². The van der Waals surface area contributed by atoms with E-state index in [0.29, 0.717) is 18.0 Å². The molecular formula is C20H27N5S. The molecule has 6 heteroatoms. The summed E-state index contributed by atoms with van der Waals surface area (Å²) in [5.41, 5.74) is 4.51. The highest BCUT2D eigenvalue weighted by molar-refractivity contribution is 7.78. The normalized spacial score (nSPS) is 21.0. The topological polar surface area (TPSA) is 47.7 Å². The molecule has 0 bridgehead atoms. The lowest BCUT2D eigenvalue weighted by Gasteiger charge is -2.30. The predicted molar refractivity (Wildman–Crippen MR) is 110 cm³/mol. The molecule has 1 saturated carbocycles. The average Bonchev–Trinajstić information content (AvgIpc) is 3.18. The van der Waals surface area contributed by atoms with Crippen molar-refractivity contribution in [1.82, 2.24) is 24.1 Å². The van der Waals surface area contributed by atoms with Crippen LogP contribution in [0.15, 0.2) is 30.9 Å². The maximum atomic E-state index is 4.72. The fraction of sp³-hybridized carbons (Fsp3) is 0.500. The fourth-order valence-electron chi connectivity index (χ4n) is 4.19. The minimum Gasteiger partial charge on any atom is -0.312 e. The molecule has 3 aromatic rings. The molecule has 138 valence electrons. The minimum absolute atomic E-state index is 0.562. The first-order valence-corrected chi connectivity index (χ1v) is 9.86. The number of hydrogen-bond donors (Lipinski definition) is 2. The van der Waals surface area contributed by atoms with Gasteiger partial charge in [-0.25, -0.2) is 4.98 Å². The first-order valence-electron chi connectivity index (χ1n) is 9.46. The summed E-state index contributed by atoms with van der Waals surface area (Å²) in [6, 6.07) is 3.54. The van der Waals surface area contributed by atoms with Crippen LogP contribution in [-0.4, -0.2) is 30.8 Å². The molecule has 0 spiro atoms. The Hall–Kier alpha value is -1.79. The van der Waals surface area contributed by atoms with Crippen molar-refractivity contribution in [2.45, 2.75) is 57.5 Å². The van der Waals surface area contributed by atoms with Crippen LogP contribution in [0.5, 0.6) is 0 Å². The highest BCUT2D eigenvalue weighted by Gasteiger charge is 2.24. The molecule has 0 aromatic carbocycles. The first kappa shape index (κ1) is 17.6. The van der Waals surface area contributed by atoms with Crippen LogP contribution in [0.25, 0.3) is 22.2 Å². The molecule has 3 aromatic heterocycles. The lowest BCUT2D eigenvalue weighted by molar-refractivity contribution is 0.326. The molecule has 0 atom stereocenters. The molecule has 5 nitrogen and oxygen atoms in total. The Morgan fingerprint density at radius 1 is 1.15 bits per heavy atom. The van der Waals surface area contributed by atoms with E-state index in [1.807, 2.05) is 40.5 Å². The van der Waals surface area contributed by atoms with Gasteiger partial charge in [-0.3, -0.25) is 8.65 Å². The summed E-state index contributed by atoms with van der Waals surface area (Å²) >= 11 is 4.55. The number of pyridine rings is 1. The van der Waals surface area contributed by atoms with Crippen molar-refractivity contribution >= 4 is 23.8 Å².